The largest absolute Gasteiger partial charge is 0.352 e. The van der Waals surface area contributed by atoms with Crippen LogP contribution in [0, 0.1) is 0 Å². The van der Waals surface area contributed by atoms with Crippen molar-refractivity contribution in [2.24, 2.45) is 0 Å². The van der Waals surface area contributed by atoms with Gasteiger partial charge in [-0.15, -0.1) is 11.3 Å². The van der Waals surface area contributed by atoms with Crippen LogP contribution in [0.4, 0.5) is 0 Å². The van der Waals surface area contributed by atoms with E-state index in [9.17, 15) is 4.79 Å². The van der Waals surface area contributed by atoms with E-state index in [0.717, 1.165) is 20.1 Å². The average Bonchev–Trinajstić information content (AvgIpc) is 2.78. The monoisotopic (exact) mass is 377 g/mol. The van der Waals surface area contributed by atoms with Gasteiger partial charge in [0.1, 0.15) is 0 Å². The molecule has 0 unspecified atom stereocenters. The summed E-state index contributed by atoms with van der Waals surface area (Å²) >= 11 is 16.6. The molecule has 0 saturated carbocycles. The average molecular weight is 379 g/mol. The van der Waals surface area contributed by atoms with Crippen molar-refractivity contribution in [3.63, 3.8) is 0 Å². The molecule has 0 radical (unpaired) electrons. The van der Waals surface area contributed by atoms with Crippen molar-refractivity contribution in [2.75, 3.05) is 6.54 Å². The van der Waals surface area contributed by atoms with Crippen LogP contribution in [-0.4, -0.2) is 12.5 Å². The number of hydrogen-bond donors (Lipinski definition) is 1. The molecule has 1 N–H and O–H groups in total. The van der Waals surface area contributed by atoms with Crippen LogP contribution in [0.5, 0.6) is 0 Å². The van der Waals surface area contributed by atoms with Crippen molar-refractivity contribution >= 4 is 56.4 Å². The van der Waals surface area contributed by atoms with Crippen LogP contribution in [0.15, 0.2) is 34.8 Å². The summed E-state index contributed by atoms with van der Waals surface area (Å²) in [7, 11) is 0. The van der Waals surface area contributed by atoms with Crippen molar-refractivity contribution in [1.82, 2.24) is 5.32 Å². The zero-order chi connectivity index (χ0) is 13.8. The maximum Gasteiger partial charge on any atom is 0.252 e. The fourth-order valence-electron chi connectivity index (χ4n) is 1.55. The van der Waals surface area contributed by atoms with Gasteiger partial charge in [0, 0.05) is 20.9 Å². The van der Waals surface area contributed by atoms with E-state index in [4.69, 9.17) is 23.2 Å². The maximum absolute atomic E-state index is 12.0. The van der Waals surface area contributed by atoms with E-state index in [2.05, 4.69) is 21.2 Å². The normalized spacial score (nSPS) is 10.5. The predicted octanol–water partition coefficient (Wildman–Crippen LogP) is 4.79. The molecule has 0 saturated heterocycles. The lowest BCUT2D eigenvalue weighted by Gasteiger charge is -2.06. The highest BCUT2D eigenvalue weighted by Gasteiger charge is 2.10. The minimum Gasteiger partial charge on any atom is -0.352 e. The van der Waals surface area contributed by atoms with E-state index in [-0.39, 0.29) is 5.91 Å². The molecule has 6 heteroatoms. The van der Waals surface area contributed by atoms with Gasteiger partial charge in [-0.2, -0.15) is 0 Å². The Balaban J connectivity index is 1.92. The summed E-state index contributed by atoms with van der Waals surface area (Å²) in [6, 6.07) is 8.96. The fourth-order valence-corrected chi connectivity index (χ4v) is 3.24. The van der Waals surface area contributed by atoms with Gasteiger partial charge in [-0.25, -0.2) is 0 Å². The highest BCUT2D eigenvalue weighted by atomic mass is 79.9. The van der Waals surface area contributed by atoms with Crippen molar-refractivity contribution in [1.29, 1.82) is 0 Å². The lowest BCUT2D eigenvalue weighted by molar-refractivity contribution is 0.0953. The first kappa shape index (κ1) is 14.9. The van der Waals surface area contributed by atoms with Gasteiger partial charge in [-0.1, -0.05) is 23.2 Å². The van der Waals surface area contributed by atoms with E-state index < -0.39 is 0 Å². The minimum atomic E-state index is -0.142. The Hall–Kier alpha value is -0.550. The molecule has 0 atom stereocenters. The number of carbonyl (C=O) groups is 1. The molecule has 0 aliphatic carbocycles. The number of rotatable bonds is 4. The third-order valence-electron chi connectivity index (χ3n) is 2.46. The van der Waals surface area contributed by atoms with Crippen LogP contribution in [-0.2, 0) is 6.42 Å². The molecule has 0 bridgehead atoms. The maximum atomic E-state index is 12.0. The second-order valence-electron chi connectivity index (χ2n) is 3.84. The van der Waals surface area contributed by atoms with E-state index in [1.165, 1.54) is 11.3 Å². The van der Waals surface area contributed by atoms with Crippen molar-refractivity contribution in [3.8, 4) is 0 Å². The molecule has 0 aliphatic heterocycles. The molecule has 0 aliphatic rings. The summed E-state index contributed by atoms with van der Waals surface area (Å²) in [5.41, 5.74) is 0.539. The number of hydrogen-bond acceptors (Lipinski definition) is 2. The molecule has 0 fully saturated rings. The fraction of sp³-hybridized carbons (Fsp3) is 0.154. The third-order valence-corrected chi connectivity index (χ3v) is 4.68. The molecule has 19 heavy (non-hydrogen) atoms. The second-order valence-corrected chi connectivity index (χ2v) is 6.93. The SMILES string of the molecule is O=C(NCCc1ccc(Cl)s1)c1cc(Cl)ccc1Br. The molecule has 2 aromatic rings. The Morgan fingerprint density at radius 2 is 2.05 bits per heavy atom. The van der Waals surface area contributed by atoms with Crippen LogP contribution in [0.25, 0.3) is 0 Å². The van der Waals surface area contributed by atoms with Crippen molar-refractivity contribution in [3.05, 3.63) is 54.6 Å². The van der Waals surface area contributed by atoms with Gasteiger partial charge >= 0.3 is 0 Å². The number of nitrogens with one attached hydrogen (secondary N) is 1. The van der Waals surface area contributed by atoms with Crippen molar-refractivity contribution < 1.29 is 4.79 Å². The second kappa shape index (κ2) is 6.75. The third kappa shape index (κ3) is 4.21. The number of benzene rings is 1. The van der Waals surface area contributed by atoms with Gasteiger partial charge in [0.05, 0.1) is 9.90 Å². The molecule has 1 aromatic carbocycles. The Bertz CT molecular complexity index is 600. The summed E-state index contributed by atoms with van der Waals surface area (Å²) in [5, 5.41) is 3.40. The molecule has 2 nitrogen and oxygen atoms in total. The van der Waals surface area contributed by atoms with Crippen LogP contribution in [0.3, 0.4) is 0 Å². The van der Waals surface area contributed by atoms with Gasteiger partial charge in [-0.3, -0.25) is 4.79 Å². The first-order valence-corrected chi connectivity index (χ1v) is 7.90. The Labute approximate surface area is 133 Å². The highest BCUT2D eigenvalue weighted by molar-refractivity contribution is 9.10. The quantitative estimate of drug-likeness (QED) is 0.814. The van der Waals surface area contributed by atoms with E-state index >= 15 is 0 Å². The number of amides is 1. The van der Waals surface area contributed by atoms with Gasteiger partial charge in [-0.05, 0) is 52.7 Å². The Kier molecular flexibility index (Phi) is 5.28. The topological polar surface area (TPSA) is 29.1 Å². The molecule has 2 rings (SSSR count). The molecule has 0 spiro atoms. The first-order valence-electron chi connectivity index (χ1n) is 5.54. The van der Waals surface area contributed by atoms with Crippen molar-refractivity contribution in [2.45, 2.75) is 6.42 Å². The highest BCUT2D eigenvalue weighted by Crippen LogP contribution is 2.22. The van der Waals surface area contributed by atoms with E-state index in [1.54, 1.807) is 18.2 Å². The molecule has 1 amide bonds. The molecular weight excluding hydrogens is 369 g/mol. The zero-order valence-electron chi connectivity index (χ0n) is 9.75. The van der Waals surface area contributed by atoms with Gasteiger partial charge in [0.15, 0.2) is 0 Å². The van der Waals surface area contributed by atoms with Gasteiger partial charge < -0.3 is 5.32 Å². The summed E-state index contributed by atoms with van der Waals surface area (Å²) in [4.78, 5) is 13.1. The molecular formula is C13H10BrCl2NOS. The smallest absolute Gasteiger partial charge is 0.252 e. The molecule has 100 valence electrons. The lowest BCUT2D eigenvalue weighted by atomic mass is 10.2. The summed E-state index contributed by atoms with van der Waals surface area (Å²) < 4.78 is 1.49. The Morgan fingerprint density at radius 1 is 1.26 bits per heavy atom. The predicted molar refractivity (Wildman–Crippen MR) is 84.5 cm³/mol. The zero-order valence-corrected chi connectivity index (χ0v) is 13.7. The number of thiophene rings is 1. The van der Waals surface area contributed by atoms with E-state index in [0.29, 0.717) is 17.1 Å². The Morgan fingerprint density at radius 3 is 2.74 bits per heavy atom. The van der Waals surface area contributed by atoms with E-state index in [1.807, 2.05) is 12.1 Å². The van der Waals surface area contributed by atoms with Crippen LogP contribution in [0.2, 0.25) is 9.36 Å². The lowest BCUT2D eigenvalue weighted by Crippen LogP contribution is -2.25. The standard InChI is InChI=1S/C13H10BrCl2NOS/c14-11-3-1-8(15)7-10(11)13(18)17-6-5-9-2-4-12(16)19-9/h1-4,7H,5-6H2,(H,17,18). The first-order chi connectivity index (χ1) is 9.06. The molecule has 1 aromatic heterocycles. The number of carbonyl (C=O) groups excluding carboxylic acids is 1. The summed E-state index contributed by atoms with van der Waals surface area (Å²) in [6.45, 7) is 0.564. The van der Waals surface area contributed by atoms with Crippen LogP contribution in [0.1, 0.15) is 15.2 Å². The molecule has 1 heterocycles. The summed E-state index contributed by atoms with van der Waals surface area (Å²) in [5.74, 6) is -0.142. The van der Waals surface area contributed by atoms with Gasteiger partial charge in [0.25, 0.3) is 5.91 Å². The van der Waals surface area contributed by atoms with Crippen LogP contribution >= 0.6 is 50.5 Å². The summed E-state index contributed by atoms with van der Waals surface area (Å²) in [6.07, 6.45) is 0.765. The van der Waals surface area contributed by atoms with Gasteiger partial charge in [0.2, 0.25) is 0 Å². The number of halogens is 3. The minimum absolute atomic E-state index is 0.142. The van der Waals surface area contributed by atoms with Crippen LogP contribution < -0.4 is 5.32 Å².